The molecular weight excluding hydrogens is 376 g/mol. The van der Waals surface area contributed by atoms with Gasteiger partial charge >= 0.3 is 0 Å². The van der Waals surface area contributed by atoms with Gasteiger partial charge in [0.1, 0.15) is 12.2 Å². The molecule has 29 heavy (non-hydrogen) atoms. The summed E-state index contributed by atoms with van der Waals surface area (Å²) in [5.74, 6) is 1.95. The molecule has 0 saturated heterocycles. The summed E-state index contributed by atoms with van der Waals surface area (Å²) in [6.07, 6.45) is 9.98. The Hall–Kier alpha value is -2.04. The Kier molecular flexibility index (Phi) is 5.73. The number of pyridine rings is 1. The van der Waals surface area contributed by atoms with E-state index in [1.165, 1.54) is 59.9 Å². The molecular formula is C25H28N2OS. The number of hydrogen-bond donors (Lipinski definition) is 0. The van der Waals surface area contributed by atoms with E-state index in [1.54, 1.807) is 0 Å². The van der Waals surface area contributed by atoms with E-state index in [0.717, 1.165) is 23.6 Å². The van der Waals surface area contributed by atoms with Crippen LogP contribution in [0.1, 0.15) is 49.7 Å². The van der Waals surface area contributed by atoms with Crippen molar-refractivity contribution < 1.29 is 4.74 Å². The molecule has 4 heteroatoms. The summed E-state index contributed by atoms with van der Waals surface area (Å²) in [4.78, 5) is 8.57. The molecule has 5 rings (SSSR count). The summed E-state index contributed by atoms with van der Waals surface area (Å²) in [5, 5.41) is 1.22. The van der Waals surface area contributed by atoms with Crippen molar-refractivity contribution >= 4 is 22.7 Å². The largest absolute Gasteiger partial charge is 0.475 e. The Balaban J connectivity index is 1.44. The highest BCUT2D eigenvalue weighted by molar-refractivity contribution is 7.98. The van der Waals surface area contributed by atoms with Crippen LogP contribution in [0.4, 0.5) is 0 Å². The number of fused-ring (bicyclic) bond motifs is 3. The average Bonchev–Trinajstić information content (AvgIpc) is 3.07. The first-order valence-corrected chi connectivity index (χ1v) is 11.8. The highest BCUT2D eigenvalue weighted by Crippen LogP contribution is 2.38. The summed E-state index contributed by atoms with van der Waals surface area (Å²) >= 11 is 1.89. The smallest absolute Gasteiger partial charge is 0.152 e. The predicted molar refractivity (Wildman–Crippen MR) is 120 cm³/mol. The molecule has 1 saturated carbocycles. The molecule has 0 atom stereocenters. The van der Waals surface area contributed by atoms with Gasteiger partial charge in [0, 0.05) is 40.4 Å². The van der Waals surface area contributed by atoms with Gasteiger partial charge in [-0.2, -0.15) is 0 Å². The molecule has 0 amide bonds. The Morgan fingerprint density at radius 2 is 1.83 bits per heavy atom. The molecule has 2 aromatic carbocycles. The van der Waals surface area contributed by atoms with Crippen molar-refractivity contribution in [1.29, 1.82) is 0 Å². The van der Waals surface area contributed by atoms with Gasteiger partial charge in [0.25, 0.3) is 0 Å². The van der Waals surface area contributed by atoms with E-state index in [4.69, 9.17) is 9.72 Å². The first-order valence-electron chi connectivity index (χ1n) is 10.8. The van der Waals surface area contributed by atoms with Crippen molar-refractivity contribution in [3.05, 3.63) is 65.9 Å². The molecule has 1 fully saturated rings. The fraction of sp³-hybridized carbons (Fsp3) is 0.400. The Bertz CT molecular complexity index is 967. The molecule has 150 valence electrons. The average molecular weight is 405 g/mol. The van der Waals surface area contributed by atoms with Crippen molar-refractivity contribution in [2.24, 2.45) is 0 Å². The maximum atomic E-state index is 6.32. The van der Waals surface area contributed by atoms with Crippen LogP contribution in [-0.4, -0.2) is 22.7 Å². The highest BCUT2D eigenvalue weighted by atomic mass is 32.2. The summed E-state index contributed by atoms with van der Waals surface area (Å²) in [7, 11) is 0. The second-order valence-electron chi connectivity index (χ2n) is 8.19. The fourth-order valence-corrected chi connectivity index (χ4v) is 5.61. The third-order valence-electron chi connectivity index (χ3n) is 6.24. The van der Waals surface area contributed by atoms with Crippen LogP contribution in [0.3, 0.4) is 0 Å². The van der Waals surface area contributed by atoms with Crippen LogP contribution in [0.2, 0.25) is 0 Å². The number of benzene rings is 2. The Labute approximate surface area is 177 Å². The van der Waals surface area contributed by atoms with Crippen LogP contribution >= 0.6 is 11.8 Å². The van der Waals surface area contributed by atoms with Crippen molar-refractivity contribution in [2.45, 2.75) is 61.8 Å². The van der Waals surface area contributed by atoms with Gasteiger partial charge in [0.2, 0.25) is 0 Å². The Morgan fingerprint density at radius 3 is 2.66 bits per heavy atom. The molecule has 1 aromatic heterocycles. The van der Waals surface area contributed by atoms with Crippen LogP contribution in [0.25, 0.3) is 10.9 Å². The normalized spacial score (nSPS) is 18.2. The molecule has 2 aliphatic rings. The summed E-state index contributed by atoms with van der Waals surface area (Å²) < 4.78 is 6.32. The second-order valence-corrected chi connectivity index (χ2v) is 9.24. The van der Waals surface area contributed by atoms with Gasteiger partial charge < -0.3 is 4.74 Å². The maximum Gasteiger partial charge on any atom is 0.152 e. The van der Waals surface area contributed by atoms with Gasteiger partial charge in [-0.05, 0) is 42.7 Å². The first kappa shape index (κ1) is 19.0. The van der Waals surface area contributed by atoms with Gasteiger partial charge in [-0.1, -0.05) is 49.9 Å². The maximum absolute atomic E-state index is 6.32. The van der Waals surface area contributed by atoms with Gasteiger partial charge in [0.05, 0.1) is 0 Å². The molecule has 0 unspecified atom stereocenters. The van der Waals surface area contributed by atoms with E-state index in [0.29, 0.717) is 12.8 Å². The van der Waals surface area contributed by atoms with Gasteiger partial charge in [-0.15, -0.1) is 11.8 Å². The molecule has 2 heterocycles. The molecule has 0 N–H and O–H groups in total. The van der Waals surface area contributed by atoms with Crippen LogP contribution in [0, 0.1) is 0 Å². The lowest BCUT2D eigenvalue weighted by Gasteiger charge is -2.35. The number of hydrogen-bond acceptors (Lipinski definition) is 4. The molecule has 1 aliphatic heterocycles. The van der Waals surface area contributed by atoms with Crippen molar-refractivity contribution in [2.75, 3.05) is 6.73 Å². The van der Waals surface area contributed by atoms with Crippen LogP contribution in [0.15, 0.2) is 59.6 Å². The van der Waals surface area contributed by atoms with Crippen molar-refractivity contribution in [3.63, 3.8) is 0 Å². The standard InChI is InChI=1S/C25H28N2OS/c1-2-5-10-21(9-4-1)27-16-19-15-20(17-29-22-11-6-3-7-12-22)23-13-8-14-26-24(23)25(19)28-18-27/h3,6-8,11-15,21H,1-2,4-5,9-10,16-18H2. The minimum Gasteiger partial charge on any atom is -0.475 e. The summed E-state index contributed by atoms with van der Waals surface area (Å²) in [5.41, 5.74) is 3.68. The third kappa shape index (κ3) is 4.15. The van der Waals surface area contributed by atoms with E-state index in [1.807, 2.05) is 24.0 Å². The SMILES string of the molecule is c1ccc(SCc2cc3c(c4ncccc24)OCN(C2CCCCCC2)C3)cc1. The van der Waals surface area contributed by atoms with Crippen LogP contribution in [-0.2, 0) is 12.3 Å². The molecule has 1 aliphatic carbocycles. The van der Waals surface area contributed by atoms with E-state index in [9.17, 15) is 0 Å². The molecule has 3 aromatic rings. The lowest BCUT2D eigenvalue weighted by molar-refractivity contribution is 0.0504. The van der Waals surface area contributed by atoms with E-state index >= 15 is 0 Å². The van der Waals surface area contributed by atoms with Crippen LogP contribution < -0.4 is 4.74 Å². The summed E-state index contributed by atoms with van der Waals surface area (Å²) in [6.45, 7) is 1.68. The number of thioether (sulfide) groups is 1. The Morgan fingerprint density at radius 1 is 1.00 bits per heavy atom. The van der Waals surface area contributed by atoms with Gasteiger partial charge in [0.15, 0.2) is 5.75 Å². The predicted octanol–water partition coefficient (Wildman–Crippen LogP) is 6.40. The number of aromatic nitrogens is 1. The monoisotopic (exact) mass is 404 g/mol. The zero-order valence-electron chi connectivity index (χ0n) is 16.8. The second kappa shape index (κ2) is 8.76. The first-order chi connectivity index (χ1) is 14.4. The van der Waals surface area contributed by atoms with Gasteiger partial charge in [-0.25, -0.2) is 0 Å². The van der Waals surface area contributed by atoms with E-state index < -0.39 is 0 Å². The van der Waals surface area contributed by atoms with E-state index in [2.05, 4.69) is 47.4 Å². The number of ether oxygens (including phenoxy) is 1. The van der Waals surface area contributed by atoms with Crippen LogP contribution in [0.5, 0.6) is 5.75 Å². The quantitative estimate of drug-likeness (QED) is 0.371. The zero-order valence-corrected chi connectivity index (χ0v) is 17.7. The molecule has 3 nitrogen and oxygen atoms in total. The fourth-order valence-electron chi connectivity index (χ4n) is 4.70. The van der Waals surface area contributed by atoms with Gasteiger partial charge in [-0.3, -0.25) is 9.88 Å². The molecule has 0 bridgehead atoms. The minimum atomic E-state index is 0.659. The molecule has 0 spiro atoms. The summed E-state index contributed by atoms with van der Waals surface area (Å²) in [6, 6.07) is 17.9. The van der Waals surface area contributed by atoms with E-state index in [-0.39, 0.29) is 0 Å². The lowest BCUT2D eigenvalue weighted by atomic mass is 10.0. The van der Waals surface area contributed by atoms with Crippen molar-refractivity contribution in [1.82, 2.24) is 9.88 Å². The number of rotatable bonds is 4. The highest BCUT2D eigenvalue weighted by Gasteiger charge is 2.27. The topological polar surface area (TPSA) is 25.4 Å². The zero-order chi connectivity index (χ0) is 19.5. The lowest BCUT2D eigenvalue weighted by Crippen LogP contribution is -2.40. The molecule has 0 radical (unpaired) electrons. The van der Waals surface area contributed by atoms with Crippen molar-refractivity contribution in [3.8, 4) is 5.75 Å². The minimum absolute atomic E-state index is 0.659. The third-order valence-corrected chi connectivity index (χ3v) is 7.30. The number of nitrogens with zero attached hydrogens (tertiary/aromatic N) is 2.